The third-order valence-electron chi connectivity index (χ3n) is 3.13. The lowest BCUT2D eigenvalue weighted by molar-refractivity contribution is -0.115. The van der Waals surface area contributed by atoms with Gasteiger partial charge in [-0.25, -0.2) is 4.79 Å². The van der Waals surface area contributed by atoms with Crippen molar-refractivity contribution >= 4 is 17.6 Å². The van der Waals surface area contributed by atoms with Crippen molar-refractivity contribution in [1.29, 1.82) is 0 Å². The zero-order valence-electron chi connectivity index (χ0n) is 11.6. The molecule has 7 heteroatoms. The van der Waals surface area contributed by atoms with Crippen LogP contribution in [0.4, 0.5) is 5.69 Å². The number of aromatic amines is 1. The highest BCUT2D eigenvalue weighted by molar-refractivity contribution is 5.96. The summed E-state index contributed by atoms with van der Waals surface area (Å²) in [6.07, 6.45) is 0.136. The molecule has 2 aromatic rings. The number of aromatic nitrogens is 2. The highest BCUT2D eigenvalue weighted by Gasteiger charge is 2.14. The summed E-state index contributed by atoms with van der Waals surface area (Å²) in [5.74, 6) is -1.89. The number of amides is 1. The Hall–Kier alpha value is -2.83. The Morgan fingerprint density at radius 2 is 2.05 bits per heavy atom. The van der Waals surface area contributed by atoms with E-state index in [1.807, 2.05) is 6.92 Å². The molecule has 0 unspecified atom stereocenters. The van der Waals surface area contributed by atoms with Crippen molar-refractivity contribution in [1.82, 2.24) is 10.2 Å². The predicted molar refractivity (Wildman–Crippen MR) is 75.5 cm³/mol. The zero-order valence-corrected chi connectivity index (χ0v) is 11.6. The fourth-order valence-corrected chi connectivity index (χ4v) is 1.99. The zero-order chi connectivity index (χ0) is 15.6. The minimum Gasteiger partial charge on any atom is -0.507 e. The molecule has 0 aliphatic heterocycles. The van der Waals surface area contributed by atoms with Crippen LogP contribution >= 0.6 is 0 Å². The minimum atomic E-state index is -1.26. The molecule has 1 aromatic carbocycles. The van der Waals surface area contributed by atoms with Gasteiger partial charge in [0.15, 0.2) is 0 Å². The van der Waals surface area contributed by atoms with Gasteiger partial charge in [-0.15, -0.1) is 0 Å². The van der Waals surface area contributed by atoms with Crippen molar-refractivity contribution in [2.45, 2.75) is 20.3 Å². The number of carboxylic acid groups (broad SMARTS) is 1. The number of hydrogen-bond donors (Lipinski definition) is 4. The van der Waals surface area contributed by atoms with Crippen LogP contribution in [0, 0.1) is 13.8 Å². The molecule has 4 N–H and O–H groups in total. The number of carbonyl (C=O) groups excluding carboxylic acids is 1. The number of rotatable bonds is 4. The topological polar surface area (TPSA) is 115 Å². The molecule has 110 valence electrons. The molecule has 0 saturated carbocycles. The molecule has 0 atom stereocenters. The van der Waals surface area contributed by atoms with E-state index in [-0.39, 0.29) is 23.6 Å². The second kappa shape index (κ2) is 5.66. The summed E-state index contributed by atoms with van der Waals surface area (Å²) in [6.45, 7) is 3.63. The van der Waals surface area contributed by atoms with Crippen LogP contribution in [0.5, 0.6) is 5.75 Å². The lowest BCUT2D eigenvalue weighted by Gasteiger charge is -2.07. The molecule has 0 aliphatic carbocycles. The summed E-state index contributed by atoms with van der Waals surface area (Å²) in [6, 6.07) is 3.88. The summed E-state index contributed by atoms with van der Waals surface area (Å²) in [7, 11) is 0. The highest BCUT2D eigenvalue weighted by atomic mass is 16.4. The second-order valence-corrected chi connectivity index (χ2v) is 4.67. The summed E-state index contributed by atoms with van der Waals surface area (Å²) >= 11 is 0. The van der Waals surface area contributed by atoms with Crippen molar-refractivity contribution in [2.75, 3.05) is 5.32 Å². The lowest BCUT2D eigenvalue weighted by Crippen LogP contribution is -2.15. The maximum Gasteiger partial charge on any atom is 0.339 e. The quantitative estimate of drug-likeness (QED) is 0.638. The minimum absolute atomic E-state index is 0.136. The normalized spacial score (nSPS) is 10.4. The highest BCUT2D eigenvalue weighted by Crippen LogP contribution is 2.21. The SMILES string of the molecule is Cc1n[nH]c(C)c1CC(=O)Nc1ccc(O)c(C(=O)O)c1. The Bertz CT molecular complexity index is 687. The molecule has 21 heavy (non-hydrogen) atoms. The van der Waals surface area contributed by atoms with Gasteiger partial charge < -0.3 is 15.5 Å². The Balaban J connectivity index is 2.13. The molecule has 7 nitrogen and oxygen atoms in total. The molecular weight excluding hydrogens is 274 g/mol. The van der Waals surface area contributed by atoms with Crippen LogP contribution in [-0.2, 0) is 11.2 Å². The lowest BCUT2D eigenvalue weighted by atomic mass is 10.1. The standard InChI is InChI=1S/C14H15N3O4/c1-7-10(8(2)17-16-7)6-13(19)15-9-3-4-12(18)11(5-9)14(20)21/h3-5,18H,6H2,1-2H3,(H,15,19)(H,16,17)(H,20,21). The Morgan fingerprint density at radius 1 is 1.33 bits per heavy atom. The van der Waals surface area contributed by atoms with E-state index in [9.17, 15) is 14.7 Å². The van der Waals surface area contributed by atoms with Gasteiger partial charge in [0.05, 0.1) is 12.1 Å². The number of benzene rings is 1. The fraction of sp³-hybridized carbons (Fsp3) is 0.214. The van der Waals surface area contributed by atoms with Crippen molar-refractivity contribution in [3.63, 3.8) is 0 Å². The van der Waals surface area contributed by atoms with Crippen LogP contribution in [0.15, 0.2) is 18.2 Å². The molecule has 0 radical (unpaired) electrons. The number of nitrogens with zero attached hydrogens (tertiary/aromatic N) is 1. The van der Waals surface area contributed by atoms with Gasteiger partial charge in [0.25, 0.3) is 0 Å². The second-order valence-electron chi connectivity index (χ2n) is 4.67. The number of carboxylic acids is 1. The molecule has 0 saturated heterocycles. The van der Waals surface area contributed by atoms with Crippen LogP contribution < -0.4 is 5.32 Å². The van der Waals surface area contributed by atoms with E-state index in [0.717, 1.165) is 17.0 Å². The molecule has 1 amide bonds. The Labute approximate surface area is 120 Å². The predicted octanol–water partition coefficient (Wildman–Crippen LogP) is 1.61. The number of aryl methyl sites for hydroxylation is 2. The molecule has 0 bridgehead atoms. The maximum atomic E-state index is 12.0. The molecular formula is C14H15N3O4. The molecule has 1 aromatic heterocycles. The fourth-order valence-electron chi connectivity index (χ4n) is 1.99. The van der Waals surface area contributed by atoms with E-state index < -0.39 is 5.97 Å². The van der Waals surface area contributed by atoms with Crippen molar-refractivity contribution in [2.24, 2.45) is 0 Å². The first-order chi connectivity index (χ1) is 9.88. The van der Waals surface area contributed by atoms with Gasteiger partial charge >= 0.3 is 5.97 Å². The van der Waals surface area contributed by atoms with E-state index >= 15 is 0 Å². The number of aromatic carboxylic acids is 1. The van der Waals surface area contributed by atoms with Crippen LogP contribution in [0.25, 0.3) is 0 Å². The van der Waals surface area contributed by atoms with Crippen LogP contribution in [0.2, 0.25) is 0 Å². The molecule has 0 spiro atoms. The molecule has 0 fully saturated rings. The first-order valence-corrected chi connectivity index (χ1v) is 6.25. The average Bonchev–Trinajstić information content (AvgIpc) is 2.72. The molecule has 0 aliphatic rings. The van der Waals surface area contributed by atoms with Gasteiger partial charge in [0.1, 0.15) is 11.3 Å². The first-order valence-electron chi connectivity index (χ1n) is 6.25. The number of aromatic hydroxyl groups is 1. The van der Waals surface area contributed by atoms with Gasteiger partial charge in [-0.2, -0.15) is 5.10 Å². The maximum absolute atomic E-state index is 12.0. The van der Waals surface area contributed by atoms with Gasteiger partial charge in [-0.3, -0.25) is 9.89 Å². The van der Waals surface area contributed by atoms with Gasteiger partial charge in [0.2, 0.25) is 5.91 Å². The number of nitrogens with one attached hydrogen (secondary N) is 2. The first kappa shape index (κ1) is 14.6. The van der Waals surface area contributed by atoms with E-state index in [1.54, 1.807) is 6.92 Å². The van der Waals surface area contributed by atoms with E-state index in [0.29, 0.717) is 5.69 Å². The van der Waals surface area contributed by atoms with E-state index in [1.165, 1.54) is 18.2 Å². The molecule has 1 heterocycles. The van der Waals surface area contributed by atoms with Crippen LogP contribution in [-0.4, -0.2) is 32.3 Å². The monoisotopic (exact) mass is 289 g/mol. The van der Waals surface area contributed by atoms with Crippen LogP contribution in [0.3, 0.4) is 0 Å². The Morgan fingerprint density at radius 3 is 2.62 bits per heavy atom. The number of phenols is 1. The van der Waals surface area contributed by atoms with Crippen molar-refractivity contribution < 1.29 is 19.8 Å². The number of anilines is 1. The van der Waals surface area contributed by atoms with Crippen molar-refractivity contribution in [3.8, 4) is 5.75 Å². The van der Waals surface area contributed by atoms with E-state index in [4.69, 9.17) is 5.11 Å². The van der Waals surface area contributed by atoms with E-state index in [2.05, 4.69) is 15.5 Å². The largest absolute Gasteiger partial charge is 0.507 e. The van der Waals surface area contributed by atoms with Crippen LogP contribution in [0.1, 0.15) is 27.3 Å². The summed E-state index contributed by atoms with van der Waals surface area (Å²) in [4.78, 5) is 22.9. The van der Waals surface area contributed by atoms with Gasteiger partial charge in [-0.05, 0) is 32.0 Å². The summed E-state index contributed by atoms with van der Waals surface area (Å²) in [5, 5.41) is 27.7. The number of hydrogen-bond acceptors (Lipinski definition) is 4. The van der Waals surface area contributed by atoms with Crippen molar-refractivity contribution in [3.05, 3.63) is 40.7 Å². The molecule has 2 rings (SSSR count). The number of carbonyl (C=O) groups is 2. The summed E-state index contributed by atoms with van der Waals surface area (Å²) < 4.78 is 0. The third kappa shape index (κ3) is 3.19. The third-order valence-corrected chi connectivity index (χ3v) is 3.13. The number of H-pyrrole nitrogens is 1. The Kier molecular flexibility index (Phi) is 3.93. The smallest absolute Gasteiger partial charge is 0.339 e. The summed E-state index contributed by atoms with van der Waals surface area (Å²) in [5.41, 5.74) is 2.43. The van der Waals surface area contributed by atoms with Gasteiger partial charge in [-0.1, -0.05) is 0 Å². The average molecular weight is 289 g/mol. The van der Waals surface area contributed by atoms with Gasteiger partial charge in [0, 0.05) is 16.9 Å².